The summed E-state index contributed by atoms with van der Waals surface area (Å²) in [5, 5.41) is 9.64. The molecule has 0 saturated carbocycles. The van der Waals surface area contributed by atoms with Gasteiger partial charge in [-0.3, -0.25) is 4.79 Å². The van der Waals surface area contributed by atoms with Crippen molar-refractivity contribution < 1.29 is 9.53 Å². The van der Waals surface area contributed by atoms with Crippen molar-refractivity contribution in [1.29, 1.82) is 0 Å². The molecule has 24 heavy (non-hydrogen) atoms. The molecule has 0 saturated heterocycles. The normalized spacial score (nSPS) is 10.6. The van der Waals surface area contributed by atoms with Crippen molar-refractivity contribution in [3.63, 3.8) is 0 Å². The first-order valence-corrected chi connectivity index (χ1v) is 9.39. The molecular weight excluding hydrogens is 340 g/mol. The maximum atomic E-state index is 12.2. The predicted molar refractivity (Wildman–Crippen MR) is 99.2 cm³/mol. The van der Waals surface area contributed by atoms with Crippen molar-refractivity contribution >= 4 is 28.6 Å². The Labute approximate surface area is 149 Å². The van der Waals surface area contributed by atoms with Crippen molar-refractivity contribution in [2.75, 3.05) is 13.7 Å². The number of aromatic nitrogens is 1. The molecule has 3 rings (SSSR count). The summed E-state index contributed by atoms with van der Waals surface area (Å²) in [5.41, 5.74) is 3.80. The number of benzene rings is 1. The number of thiophene rings is 1. The summed E-state index contributed by atoms with van der Waals surface area (Å²) < 4.78 is 5.36. The Bertz CT molecular complexity index is 825. The third-order valence-corrected chi connectivity index (χ3v) is 5.20. The minimum absolute atomic E-state index is 0.139. The molecule has 3 aromatic rings. The van der Waals surface area contributed by atoms with Crippen molar-refractivity contribution in [1.82, 2.24) is 10.3 Å². The van der Waals surface area contributed by atoms with Gasteiger partial charge < -0.3 is 10.1 Å². The number of carbonyl (C=O) groups excluding carboxylic acids is 1. The van der Waals surface area contributed by atoms with E-state index in [4.69, 9.17) is 4.74 Å². The number of methoxy groups -OCH3 is 1. The second-order valence-electron chi connectivity index (χ2n) is 5.37. The van der Waals surface area contributed by atoms with E-state index in [2.05, 4.69) is 16.4 Å². The molecule has 6 heteroatoms. The van der Waals surface area contributed by atoms with Gasteiger partial charge in [-0.1, -0.05) is 17.7 Å². The van der Waals surface area contributed by atoms with Gasteiger partial charge in [0.15, 0.2) is 0 Å². The first-order chi connectivity index (χ1) is 11.7. The maximum absolute atomic E-state index is 12.2. The van der Waals surface area contributed by atoms with Crippen LogP contribution in [0.5, 0.6) is 5.75 Å². The highest BCUT2D eigenvalue weighted by Gasteiger charge is 2.12. The fourth-order valence-electron chi connectivity index (χ4n) is 2.40. The summed E-state index contributed by atoms with van der Waals surface area (Å²) in [6, 6.07) is 8.07. The Kier molecular flexibility index (Phi) is 5.27. The number of aryl methyl sites for hydroxylation is 1. The van der Waals surface area contributed by atoms with Crippen LogP contribution in [0.4, 0.5) is 0 Å². The van der Waals surface area contributed by atoms with Crippen LogP contribution >= 0.6 is 22.7 Å². The van der Waals surface area contributed by atoms with E-state index < -0.39 is 0 Å². The summed E-state index contributed by atoms with van der Waals surface area (Å²) in [6.07, 6.45) is 0.720. The van der Waals surface area contributed by atoms with Crippen LogP contribution in [0.1, 0.15) is 21.6 Å². The lowest BCUT2D eigenvalue weighted by Crippen LogP contribution is -2.26. The molecule has 124 valence electrons. The van der Waals surface area contributed by atoms with Gasteiger partial charge in [0.1, 0.15) is 16.5 Å². The first kappa shape index (κ1) is 16.7. The largest absolute Gasteiger partial charge is 0.496 e. The number of hydrogen-bond acceptors (Lipinski definition) is 5. The van der Waals surface area contributed by atoms with E-state index >= 15 is 0 Å². The zero-order valence-electron chi connectivity index (χ0n) is 13.5. The van der Waals surface area contributed by atoms with E-state index in [-0.39, 0.29) is 5.91 Å². The molecular formula is C18H18N2O2S2. The predicted octanol–water partition coefficient (Wildman–Crippen LogP) is 4.16. The molecule has 0 spiro atoms. The zero-order valence-corrected chi connectivity index (χ0v) is 15.2. The highest BCUT2D eigenvalue weighted by molar-refractivity contribution is 7.14. The number of thiazole rings is 1. The lowest BCUT2D eigenvalue weighted by atomic mass is 10.1. The Balaban J connectivity index is 1.59. The van der Waals surface area contributed by atoms with Crippen LogP contribution in [0.2, 0.25) is 0 Å². The topological polar surface area (TPSA) is 51.2 Å². The number of rotatable bonds is 6. The molecule has 0 aliphatic heterocycles. The van der Waals surface area contributed by atoms with Gasteiger partial charge >= 0.3 is 0 Å². The summed E-state index contributed by atoms with van der Waals surface area (Å²) in [5.74, 6) is 0.711. The van der Waals surface area contributed by atoms with E-state index in [0.717, 1.165) is 28.3 Å². The van der Waals surface area contributed by atoms with E-state index in [0.29, 0.717) is 12.2 Å². The minimum Gasteiger partial charge on any atom is -0.496 e. The van der Waals surface area contributed by atoms with Crippen LogP contribution in [-0.2, 0) is 6.42 Å². The molecule has 0 aliphatic carbocycles. The SMILES string of the molecule is COc1ccc(C)cc1CCNC(=O)c1csc(-c2ccsc2)n1. The van der Waals surface area contributed by atoms with Gasteiger partial charge in [0, 0.05) is 22.9 Å². The van der Waals surface area contributed by atoms with Gasteiger partial charge in [0.05, 0.1) is 7.11 Å². The average molecular weight is 358 g/mol. The first-order valence-electron chi connectivity index (χ1n) is 7.57. The molecule has 0 atom stereocenters. The van der Waals surface area contributed by atoms with Crippen molar-refractivity contribution in [3.8, 4) is 16.3 Å². The van der Waals surface area contributed by atoms with Crippen LogP contribution < -0.4 is 10.1 Å². The smallest absolute Gasteiger partial charge is 0.270 e. The Hall–Kier alpha value is -2.18. The van der Waals surface area contributed by atoms with E-state index in [9.17, 15) is 4.79 Å². The fourth-order valence-corrected chi connectivity index (χ4v) is 3.91. The lowest BCUT2D eigenvalue weighted by molar-refractivity contribution is 0.0950. The molecule has 0 fully saturated rings. The molecule has 1 aromatic carbocycles. The standard InChI is InChI=1S/C18H18N2O2S2/c1-12-3-4-16(22-2)13(9-12)5-7-19-17(21)15-11-24-18(20-15)14-6-8-23-10-14/h3-4,6,8-11H,5,7H2,1-2H3,(H,19,21). The number of hydrogen-bond donors (Lipinski definition) is 1. The Morgan fingerprint density at radius 3 is 2.92 bits per heavy atom. The van der Waals surface area contributed by atoms with E-state index in [1.807, 2.05) is 35.9 Å². The Morgan fingerprint density at radius 2 is 2.17 bits per heavy atom. The second kappa shape index (κ2) is 7.59. The molecule has 2 aromatic heterocycles. The summed E-state index contributed by atoms with van der Waals surface area (Å²) in [7, 11) is 1.66. The number of nitrogens with one attached hydrogen (secondary N) is 1. The molecule has 0 unspecified atom stereocenters. The van der Waals surface area contributed by atoms with E-state index in [1.54, 1.807) is 23.8 Å². The van der Waals surface area contributed by atoms with Crippen molar-refractivity contribution in [2.45, 2.75) is 13.3 Å². The minimum atomic E-state index is -0.139. The molecule has 4 nitrogen and oxygen atoms in total. The third-order valence-electron chi connectivity index (χ3n) is 3.62. The van der Waals surface area contributed by atoms with Gasteiger partial charge in [0.2, 0.25) is 0 Å². The number of amides is 1. The van der Waals surface area contributed by atoms with Crippen LogP contribution in [0.3, 0.4) is 0 Å². The van der Waals surface area contributed by atoms with Gasteiger partial charge in [0.25, 0.3) is 5.91 Å². The zero-order chi connectivity index (χ0) is 16.9. The lowest BCUT2D eigenvalue weighted by Gasteiger charge is -2.10. The third kappa shape index (κ3) is 3.83. The van der Waals surface area contributed by atoms with Crippen molar-refractivity contribution in [2.24, 2.45) is 0 Å². The number of nitrogens with zero attached hydrogens (tertiary/aromatic N) is 1. The van der Waals surface area contributed by atoms with Crippen LogP contribution in [0.25, 0.3) is 10.6 Å². The summed E-state index contributed by atoms with van der Waals surface area (Å²) in [6.45, 7) is 2.59. The van der Waals surface area contributed by atoms with Gasteiger partial charge in [-0.15, -0.1) is 11.3 Å². The molecule has 1 amide bonds. The fraction of sp³-hybridized carbons (Fsp3) is 0.222. The quantitative estimate of drug-likeness (QED) is 0.720. The van der Waals surface area contributed by atoms with E-state index in [1.165, 1.54) is 16.9 Å². The highest BCUT2D eigenvalue weighted by Crippen LogP contribution is 2.25. The van der Waals surface area contributed by atoms with Gasteiger partial charge in [-0.05, 0) is 36.4 Å². The number of ether oxygens (including phenoxy) is 1. The average Bonchev–Trinajstić information content (AvgIpc) is 3.26. The summed E-state index contributed by atoms with van der Waals surface area (Å²) >= 11 is 3.11. The monoisotopic (exact) mass is 358 g/mol. The van der Waals surface area contributed by atoms with Crippen molar-refractivity contribution in [3.05, 3.63) is 57.2 Å². The summed E-state index contributed by atoms with van der Waals surface area (Å²) in [4.78, 5) is 16.7. The molecule has 2 heterocycles. The van der Waals surface area contributed by atoms with Gasteiger partial charge in [-0.25, -0.2) is 4.98 Å². The van der Waals surface area contributed by atoms with Crippen LogP contribution in [0, 0.1) is 6.92 Å². The number of carbonyl (C=O) groups is 1. The molecule has 0 bridgehead atoms. The molecule has 0 radical (unpaired) electrons. The maximum Gasteiger partial charge on any atom is 0.270 e. The Morgan fingerprint density at radius 1 is 1.29 bits per heavy atom. The second-order valence-corrected chi connectivity index (χ2v) is 7.01. The molecule has 0 aliphatic rings. The van der Waals surface area contributed by atoms with Crippen LogP contribution in [0.15, 0.2) is 40.4 Å². The van der Waals surface area contributed by atoms with Crippen LogP contribution in [-0.4, -0.2) is 24.5 Å². The molecule has 1 N–H and O–H groups in total. The van der Waals surface area contributed by atoms with Gasteiger partial charge in [-0.2, -0.15) is 11.3 Å². The highest BCUT2D eigenvalue weighted by atomic mass is 32.1.